The number of anilines is 1. The number of H-pyrrole nitrogens is 1. The van der Waals surface area contributed by atoms with Crippen LogP contribution in [0.2, 0.25) is 0 Å². The Morgan fingerprint density at radius 1 is 0.886 bits per heavy atom. The molecular formula is C26H15FN8. The van der Waals surface area contributed by atoms with Crippen LogP contribution >= 0.6 is 0 Å². The number of nitrogens with one attached hydrogen (secondary N) is 1. The van der Waals surface area contributed by atoms with Gasteiger partial charge in [0.15, 0.2) is 5.82 Å². The second-order valence-corrected chi connectivity index (χ2v) is 7.98. The first-order valence-corrected chi connectivity index (χ1v) is 10.8. The molecule has 0 saturated heterocycles. The summed E-state index contributed by atoms with van der Waals surface area (Å²) in [6.45, 7) is 1.29. The van der Waals surface area contributed by atoms with Crippen molar-refractivity contribution < 1.29 is 4.39 Å². The van der Waals surface area contributed by atoms with Crippen LogP contribution in [0, 0.1) is 29.1 Å². The lowest BCUT2D eigenvalue weighted by molar-refractivity contribution is 0.588. The Balaban J connectivity index is 1.26. The van der Waals surface area contributed by atoms with Crippen molar-refractivity contribution >= 4 is 16.9 Å². The van der Waals surface area contributed by atoms with E-state index in [9.17, 15) is 4.39 Å². The molecule has 0 unspecified atom stereocenters. The first-order chi connectivity index (χ1) is 17.2. The highest BCUT2D eigenvalue weighted by molar-refractivity contribution is 5.80. The molecule has 166 valence electrons. The molecule has 1 N–H and O–H groups in total. The molecule has 0 radical (unpaired) electrons. The number of fused-ring (bicyclic) bond motifs is 2. The van der Waals surface area contributed by atoms with E-state index in [1.165, 1.54) is 0 Å². The van der Waals surface area contributed by atoms with Crippen molar-refractivity contribution in [3.05, 3.63) is 94.8 Å². The van der Waals surface area contributed by atoms with Crippen LogP contribution in [-0.2, 0) is 13.1 Å². The fourth-order valence-electron chi connectivity index (χ4n) is 3.98. The molecule has 9 heteroatoms. The second kappa shape index (κ2) is 8.32. The fraction of sp³-hybridized carbons (Fsp3) is 0.0769. The van der Waals surface area contributed by atoms with Gasteiger partial charge in [-0.05, 0) is 59.5 Å². The minimum atomic E-state index is -0.487. The van der Waals surface area contributed by atoms with Crippen molar-refractivity contribution in [2.75, 3.05) is 4.90 Å². The van der Waals surface area contributed by atoms with Gasteiger partial charge in [-0.2, -0.15) is 14.8 Å². The van der Waals surface area contributed by atoms with Crippen molar-refractivity contribution in [2.24, 2.45) is 0 Å². The zero-order valence-corrected chi connectivity index (χ0v) is 18.2. The number of hydrogen-bond acceptors (Lipinski definition) is 7. The second-order valence-electron chi connectivity index (χ2n) is 7.98. The third-order valence-corrected chi connectivity index (χ3v) is 5.71. The van der Waals surface area contributed by atoms with Crippen LogP contribution in [0.4, 0.5) is 10.3 Å². The van der Waals surface area contributed by atoms with Gasteiger partial charge in [0.1, 0.15) is 11.4 Å². The van der Waals surface area contributed by atoms with E-state index in [4.69, 9.17) is 5.26 Å². The third kappa shape index (κ3) is 3.92. The summed E-state index contributed by atoms with van der Waals surface area (Å²) in [5.74, 6) is 6.52. The number of aromatic amines is 1. The van der Waals surface area contributed by atoms with E-state index >= 15 is 0 Å². The highest BCUT2D eigenvalue weighted by Gasteiger charge is 2.22. The first-order valence-electron chi connectivity index (χ1n) is 10.8. The van der Waals surface area contributed by atoms with Crippen molar-refractivity contribution in [2.45, 2.75) is 13.1 Å². The molecule has 35 heavy (non-hydrogen) atoms. The number of benzene rings is 2. The predicted molar refractivity (Wildman–Crippen MR) is 126 cm³/mol. The normalized spacial score (nSPS) is 12.2. The molecular weight excluding hydrogens is 443 g/mol. The van der Waals surface area contributed by atoms with Crippen LogP contribution in [-0.4, -0.2) is 30.1 Å². The molecule has 5 aromatic rings. The maximum Gasteiger partial charge on any atom is 0.226 e. The Bertz CT molecular complexity index is 1710. The lowest BCUT2D eigenvalue weighted by atomic mass is 10.1. The van der Waals surface area contributed by atoms with Gasteiger partial charge in [-0.25, -0.2) is 19.9 Å². The number of nitriles is 1. The van der Waals surface area contributed by atoms with E-state index in [0.29, 0.717) is 58.3 Å². The van der Waals surface area contributed by atoms with Gasteiger partial charge in [0.2, 0.25) is 11.9 Å². The van der Waals surface area contributed by atoms with Gasteiger partial charge in [0.25, 0.3) is 0 Å². The molecule has 2 aromatic carbocycles. The summed E-state index contributed by atoms with van der Waals surface area (Å²) in [6.07, 6.45) is 3.31. The Labute approximate surface area is 199 Å². The molecule has 6 rings (SSSR count). The zero-order chi connectivity index (χ0) is 23.8. The summed E-state index contributed by atoms with van der Waals surface area (Å²) < 4.78 is 13.8. The Hall–Kier alpha value is -5.15. The number of halogens is 1. The van der Waals surface area contributed by atoms with Crippen molar-refractivity contribution in [3.8, 4) is 29.4 Å². The van der Waals surface area contributed by atoms with Crippen LogP contribution in [0.5, 0.6) is 0 Å². The van der Waals surface area contributed by atoms with Crippen molar-refractivity contribution in [3.63, 3.8) is 0 Å². The minimum Gasteiger partial charge on any atom is -0.332 e. The van der Waals surface area contributed by atoms with E-state index in [1.54, 1.807) is 42.7 Å². The monoisotopic (exact) mass is 458 g/mol. The standard InChI is InChI=1S/C26H15FN8/c27-24-21-12-16(3-6-22(21)33-34-24)2-5-20-7-9-29-25(31-20)23-8-10-30-26(32-23)35-14-18-4-1-17(13-28)11-19(18)15-35/h1,3-4,6-12H,14-15H2,(H,33,34). The van der Waals surface area contributed by atoms with Gasteiger partial charge in [0.05, 0.1) is 22.5 Å². The SMILES string of the molecule is N#Cc1ccc2c(c1)CN(c1nccc(-c3nccc(C#Cc4ccc5n[nH]c(F)c5c4)n3)n1)C2. The molecule has 0 amide bonds. The van der Waals surface area contributed by atoms with Crippen LogP contribution in [0.25, 0.3) is 22.4 Å². The molecule has 4 heterocycles. The average Bonchev–Trinajstić information content (AvgIpc) is 3.50. The van der Waals surface area contributed by atoms with Crippen molar-refractivity contribution in [1.29, 1.82) is 5.26 Å². The summed E-state index contributed by atoms with van der Waals surface area (Å²) in [5, 5.41) is 15.7. The van der Waals surface area contributed by atoms with Crippen LogP contribution in [0.3, 0.4) is 0 Å². The molecule has 0 aliphatic carbocycles. The van der Waals surface area contributed by atoms with Gasteiger partial charge in [-0.1, -0.05) is 12.0 Å². The lowest BCUT2D eigenvalue weighted by Crippen LogP contribution is -2.17. The molecule has 0 fully saturated rings. The van der Waals surface area contributed by atoms with Gasteiger partial charge >= 0.3 is 0 Å². The van der Waals surface area contributed by atoms with E-state index in [2.05, 4.69) is 48.0 Å². The van der Waals surface area contributed by atoms with Crippen LogP contribution in [0.15, 0.2) is 60.9 Å². The number of rotatable bonds is 2. The summed E-state index contributed by atoms with van der Waals surface area (Å²) in [5.41, 5.74) is 5.18. The smallest absolute Gasteiger partial charge is 0.226 e. The topological polar surface area (TPSA) is 107 Å². The molecule has 1 aliphatic heterocycles. The molecule has 0 bridgehead atoms. The quantitative estimate of drug-likeness (QED) is 0.402. The van der Waals surface area contributed by atoms with Gasteiger partial charge in [0, 0.05) is 31.0 Å². The van der Waals surface area contributed by atoms with Crippen LogP contribution < -0.4 is 4.90 Å². The third-order valence-electron chi connectivity index (χ3n) is 5.71. The number of nitrogens with zero attached hydrogens (tertiary/aromatic N) is 7. The zero-order valence-electron chi connectivity index (χ0n) is 18.2. The van der Waals surface area contributed by atoms with Crippen molar-refractivity contribution in [1.82, 2.24) is 30.1 Å². The summed E-state index contributed by atoms with van der Waals surface area (Å²) in [7, 11) is 0. The maximum atomic E-state index is 13.8. The Morgan fingerprint density at radius 2 is 1.74 bits per heavy atom. The molecule has 0 atom stereocenters. The van der Waals surface area contributed by atoms with E-state index in [0.717, 1.165) is 11.1 Å². The highest BCUT2D eigenvalue weighted by Crippen LogP contribution is 2.27. The van der Waals surface area contributed by atoms with E-state index in [1.807, 2.05) is 23.1 Å². The van der Waals surface area contributed by atoms with E-state index < -0.39 is 5.95 Å². The molecule has 8 nitrogen and oxygen atoms in total. The minimum absolute atomic E-state index is 0.390. The Kier molecular flexibility index (Phi) is 4.86. The largest absolute Gasteiger partial charge is 0.332 e. The first kappa shape index (κ1) is 20.5. The highest BCUT2D eigenvalue weighted by atomic mass is 19.1. The number of aromatic nitrogens is 6. The maximum absolute atomic E-state index is 13.8. The van der Waals surface area contributed by atoms with E-state index in [-0.39, 0.29) is 0 Å². The molecule has 3 aromatic heterocycles. The Morgan fingerprint density at radius 3 is 2.66 bits per heavy atom. The summed E-state index contributed by atoms with van der Waals surface area (Å²) in [6, 6.07) is 16.5. The predicted octanol–water partition coefficient (Wildman–Crippen LogP) is 3.74. The van der Waals surface area contributed by atoms with Gasteiger partial charge in [-0.3, -0.25) is 5.10 Å². The molecule has 0 spiro atoms. The average molecular weight is 458 g/mol. The van der Waals surface area contributed by atoms with Gasteiger partial charge in [-0.15, -0.1) is 0 Å². The van der Waals surface area contributed by atoms with Gasteiger partial charge < -0.3 is 4.90 Å². The lowest BCUT2D eigenvalue weighted by Gasteiger charge is -2.15. The number of hydrogen-bond donors (Lipinski definition) is 1. The summed E-state index contributed by atoms with van der Waals surface area (Å²) >= 11 is 0. The van der Waals surface area contributed by atoms with Crippen LogP contribution in [0.1, 0.15) is 27.9 Å². The fourth-order valence-corrected chi connectivity index (χ4v) is 3.98. The summed E-state index contributed by atoms with van der Waals surface area (Å²) in [4.78, 5) is 20.0. The molecule has 0 saturated carbocycles. The molecule has 1 aliphatic rings.